The van der Waals surface area contributed by atoms with Crippen molar-refractivity contribution in [3.8, 4) is 0 Å². The van der Waals surface area contributed by atoms with Gasteiger partial charge in [-0.05, 0) is 19.0 Å². The zero-order chi connectivity index (χ0) is 13.1. The molecule has 0 amide bonds. The number of aliphatic hydroxyl groups excluding tert-OH is 1. The molecule has 1 aromatic carbocycles. The van der Waals surface area contributed by atoms with Gasteiger partial charge in [0.2, 0.25) is 0 Å². The van der Waals surface area contributed by atoms with E-state index in [0.717, 1.165) is 17.5 Å². The smallest absolute Gasteiger partial charge is 0.134 e. The summed E-state index contributed by atoms with van der Waals surface area (Å²) in [5.41, 5.74) is 2.10. The average Bonchev–Trinajstić information content (AvgIpc) is 2.73. The number of rotatable bonds is 5. The average molecular weight is 247 g/mol. The summed E-state index contributed by atoms with van der Waals surface area (Å²) in [6.45, 7) is 5.24. The SMILES string of the molecule is CC(C)C(CO)N(C)Cc1coc2ccccc12. The lowest BCUT2D eigenvalue weighted by molar-refractivity contribution is 0.108. The second kappa shape index (κ2) is 5.55. The Morgan fingerprint density at radius 1 is 1.28 bits per heavy atom. The van der Waals surface area contributed by atoms with Crippen LogP contribution in [-0.2, 0) is 6.54 Å². The molecule has 0 aliphatic carbocycles. The maximum Gasteiger partial charge on any atom is 0.134 e. The van der Waals surface area contributed by atoms with E-state index in [9.17, 15) is 5.11 Å². The standard InChI is InChI=1S/C15H21NO2/c1-11(2)14(9-17)16(3)8-12-10-18-15-7-5-4-6-13(12)15/h4-7,10-11,14,17H,8-9H2,1-3H3. The number of likely N-dealkylation sites (N-methyl/N-ethyl adjacent to an activating group) is 1. The Bertz CT molecular complexity index is 504. The van der Waals surface area contributed by atoms with Gasteiger partial charge in [-0.2, -0.15) is 0 Å². The molecule has 2 rings (SSSR count). The molecule has 1 N–H and O–H groups in total. The van der Waals surface area contributed by atoms with Crippen LogP contribution < -0.4 is 0 Å². The Balaban J connectivity index is 2.18. The molecule has 1 heterocycles. The summed E-state index contributed by atoms with van der Waals surface area (Å²) in [6, 6.07) is 8.23. The Labute approximate surface area is 108 Å². The van der Waals surface area contributed by atoms with Gasteiger partial charge in [-0.15, -0.1) is 0 Å². The van der Waals surface area contributed by atoms with E-state index < -0.39 is 0 Å². The minimum absolute atomic E-state index is 0.179. The van der Waals surface area contributed by atoms with Crippen molar-refractivity contribution in [3.63, 3.8) is 0 Å². The second-order valence-electron chi connectivity index (χ2n) is 5.17. The van der Waals surface area contributed by atoms with E-state index in [1.807, 2.05) is 31.5 Å². The Kier molecular flexibility index (Phi) is 4.04. The zero-order valence-electron chi connectivity index (χ0n) is 11.3. The first-order valence-corrected chi connectivity index (χ1v) is 6.39. The van der Waals surface area contributed by atoms with Crippen LogP contribution in [0.5, 0.6) is 0 Å². The monoisotopic (exact) mass is 247 g/mol. The summed E-state index contributed by atoms with van der Waals surface area (Å²) in [5, 5.41) is 10.6. The number of furan rings is 1. The molecule has 98 valence electrons. The summed E-state index contributed by atoms with van der Waals surface area (Å²) in [7, 11) is 2.04. The predicted molar refractivity (Wildman–Crippen MR) is 73.4 cm³/mol. The van der Waals surface area contributed by atoms with E-state index in [-0.39, 0.29) is 12.6 Å². The minimum Gasteiger partial charge on any atom is -0.464 e. The minimum atomic E-state index is 0.179. The number of aliphatic hydroxyl groups is 1. The van der Waals surface area contributed by atoms with Crippen molar-refractivity contribution in [2.75, 3.05) is 13.7 Å². The number of hydrogen-bond acceptors (Lipinski definition) is 3. The molecule has 0 radical (unpaired) electrons. The van der Waals surface area contributed by atoms with Crippen molar-refractivity contribution in [2.45, 2.75) is 26.4 Å². The summed E-state index contributed by atoms with van der Waals surface area (Å²) >= 11 is 0. The molecule has 1 atom stereocenters. The molecular formula is C15H21NO2. The van der Waals surface area contributed by atoms with E-state index in [4.69, 9.17) is 4.42 Å². The van der Waals surface area contributed by atoms with Gasteiger partial charge in [0.1, 0.15) is 5.58 Å². The van der Waals surface area contributed by atoms with Crippen LogP contribution >= 0.6 is 0 Å². The normalized spacial score (nSPS) is 13.7. The largest absolute Gasteiger partial charge is 0.464 e. The molecule has 3 heteroatoms. The summed E-state index contributed by atoms with van der Waals surface area (Å²) in [6.07, 6.45) is 1.82. The van der Waals surface area contributed by atoms with Crippen molar-refractivity contribution in [1.29, 1.82) is 0 Å². The van der Waals surface area contributed by atoms with Gasteiger partial charge >= 0.3 is 0 Å². The fraction of sp³-hybridized carbons (Fsp3) is 0.467. The number of fused-ring (bicyclic) bond motifs is 1. The summed E-state index contributed by atoms with van der Waals surface area (Å²) in [4.78, 5) is 2.18. The molecule has 0 saturated carbocycles. The molecule has 0 saturated heterocycles. The summed E-state index contributed by atoms with van der Waals surface area (Å²) < 4.78 is 5.53. The third-order valence-electron chi connectivity index (χ3n) is 3.50. The lowest BCUT2D eigenvalue weighted by Crippen LogP contribution is -2.38. The van der Waals surface area contributed by atoms with Crippen LogP contribution in [-0.4, -0.2) is 29.7 Å². The maximum absolute atomic E-state index is 9.44. The van der Waals surface area contributed by atoms with Crippen LogP contribution in [0.15, 0.2) is 34.9 Å². The molecule has 1 unspecified atom stereocenters. The molecule has 0 bridgehead atoms. The van der Waals surface area contributed by atoms with Crippen molar-refractivity contribution in [1.82, 2.24) is 4.90 Å². The van der Waals surface area contributed by atoms with E-state index in [0.29, 0.717) is 5.92 Å². The zero-order valence-corrected chi connectivity index (χ0v) is 11.3. The number of benzene rings is 1. The van der Waals surface area contributed by atoms with Gasteiger partial charge in [-0.25, -0.2) is 0 Å². The predicted octanol–water partition coefficient (Wildman–Crippen LogP) is 2.88. The van der Waals surface area contributed by atoms with Crippen LogP contribution in [0.25, 0.3) is 11.0 Å². The highest BCUT2D eigenvalue weighted by Gasteiger charge is 2.19. The van der Waals surface area contributed by atoms with Crippen LogP contribution in [0.4, 0.5) is 0 Å². The van der Waals surface area contributed by atoms with Gasteiger partial charge in [0.15, 0.2) is 0 Å². The fourth-order valence-corrected chi connectivity index (χ4v) is 2.40. The van der Waals surface area contributed by atoms with E-state index in [1.165, 1.54) is 5.56 Å². The van der Waals surface area contributed by atoms with Gasteiger partial charge in [-0.3, -0.25) is 4.90 Å². The quantitative estimate of drug-likeness (QED) is 0.882. The fourth-order valence-electron chi connectivity index (χ4n) is 2.40. The highest BCUT2D eigenvalue weighted by molar-refractivity contribution is 5.80. The highest BCUT2D eigenvalue weighted by atomic mass is 16.3. The van der Waals surface area contributed by atoms with Crippen LogP contribution in [0.3, 0.4) is 0 Å². The molecule has 2 aromatic rings. The van der Waals surface area contributed by atoms with E-state index in [1.54, 1.807) is 0 Å². The Morgan fingerprint density at radius 2 is 2.00 bits per heavy atom. The van der Waals surface area contributed by atoms with Crippen LogP contribution in [0, 0.1) is 5.92 Å². The lowest BCUT2D eigenvalue weighted by atomic mass is 10.0. The first kappa shape index (κ1) is 13.1. The van der Waals surface area contributed by atoms with Crippen LogP contribution in [0.2, 0.25) is 0 Å². The van der Waals surface area contributed by atoms with Gasteiger partial charge in [0.05, 0.1) is 12.9 Å². The topological polar surface area (TPSA) is 36.6 Å². The number of para-hydroxylation sites is 1. The lowest BCUT2D eigenvalue weighted by Gasteiger charge is -2.29. The molecule has 0 aliphatic heterocycles. The Hall–Kier alpha value is -1.32. The van der Waals surface area contributed by atoms with Crippen molar-refractivity contribution >= 4 is 11.0 Å². The number of hydrogen-bond donors (Lipinski definition) is 1. The third-order valence-corrected chi connectivity index (χ3v) is 3.50. The maximum atomic E-state index is 9.44. The van der Waals surface area contributed by atoms with Crippen molar-refractivity contribution in [2.24, 2.45) is 5.92 Å². The van der Waals surface area contributed by atoms with Crippen LogP contribution in [0.1, 0.15) is 19.4 Å². The van der Waals surface area contributed by atoms with Crippen molar-refractivity contribution < 1.29 is 9.52 Å². The molecule has 1 aromatic heterocycles. The molecule has 18 heavy (non-hydrogen) atoms. The molecule has 3 nitrogen and oxygen atoms in total. The van der Waals surface area contributed by atoms with Gasteiger partial charge in [-0.1, -0.05) is 32.0 Å². The molecular weight excluding hydrogens is 226 g/mol. The third kappa shape index (κ3) is 2.57. The number of nitrogens with zero attached hydrogens (tertiary/aromatic N) is 1. The molecule has 0 aliphatic rings. The molecule has 0 fully saturated rings. The first-order valence-electron chi connectivity index (χ1n) is 6.39. The van der Waals surface area contributed by atoms with Crippen molar-refractivity contribution in [3.05, 3.63) is 36.1 Å². The van der Waals surface area contributed by atoms with Gasteiger partial charge in [0, 0.05) is 23.5 Å². The highest BCUT2D eigenvalue weighted by Crippen LogP contribution is 2.23. The first-order chi connectivity index (χ1) is 8.63. The van der Waals surface area contributed by atoms with E-state index in [2.05, 4.69) is 24.8 Å². The second-order valence-corrected chi connectivity index (χ2v) is 5.17. The molecule has 0 spiro atoms. The Morgan fingerprint density at radius 3 is 2.67 bits per heavy atom. The van der Waals surface area contributed by atoms with E-state index >= 15 is 0 Å². The summed E-state index contributed by atoms with van der Waals surface area (Å²) in [5.74, 6) is 0.429. The van der Waals surface area contributed by atoms with Gasteiger partial charge < -0.3 is 9.52 Å². The van der Waals surface area contributed by atoms with Gasteiger partial charge in [0.25, 0.3) is 0 Å².